The zero-order valence-corrected chi connectivity index (χ0v) is 22.9. The van der Waals surface area contributed by atoms with Crippen LogP contribution >= 0.6 is 0 Å². The molecular weight excluding hydrogens is 472 g/mol. The minimum Gasteiger partial charge on any atom is -0.497 e. The van der Waals surface area contributed by atoms with Crippen LogP contribution in [0.25, 0.3) is 11.1 Å². The molecule has 0 aromatic heterocycles. The molecule has 2 amide bonds. The minimum absolute atomic E-state index is 0.0362. The molecule has 2 atom stereocenters. The molecule has 0 bridgehead atoms. The minimum atomic E-state index is -0.0594. The van der Waals surface area contributed by atoms with E-state index in [9.17, 15) is 9.59 Å². The topological polar surface area (TPSA) is 58.6 Å². The highest BCUT2D eigenvalue weighted by molar-refractivity contribution is 5.83. The van der Waals surface area contributed by atoms with Crippen molar-refractivity contribution in [1.82, 2.24) is 10.2 Å². The van der Waals surface area contributed by atoms with E-state index in [1.165, 1.54) is 16.7 Å². The second-order valence-corrected chi connectivity index (χ2v) is 11.8. The van der Waals surface area contributed by atoms with E-state index in [0.717, 1.165) is 35.3 Å². The molecule has 5 heteroatoms. The van der Waals surface area contributed by atoms with E-state index in [4.69, 9.17) is 4.74 Å². The van der Waals surface area contributed by atoms with Crippen LogP contribution in [0, 0.1) is 11.3 Å². The smallest absolute Gasteiger partial charge is 0.224 e. The molecule has 1 saturated carbocycles. The average molecular weight is 511 g/mol. The third-order valence-corrected chi connectivity index (χ3v) is 7.73. The molecule has 1 fully saturated rings. The van der Waals surface area contributed by atoms with Crippen LogP contribution in [0.1, 0.15) is 61.8 Å². The van der Waals surface area contributed by atoms with Crippen molar-refractivity contribution in [2.45, 2.75) is 59.0 Å². The summed E-state index contributed by atoms with van der Waals surface area (Å²) in [7, 11) is 1.68. The number of benzene rings is 3. The maximum absolute atomic E-state index is 13.1. The van der Waals surface area contributed by atoms with Crippen LogP contribution in [0.4, 0.5) is 0 Å². The Hall–Kier alpha value is -3.60. The SMILES string of the molecule is COc1cccc(-c2ccc(CNC(=O)C3CC3c3ccccc3)c3c2CCN(C(=O)CC(C)(C)C)C3)c1. The molecule has 3 aromatic rings. The fourth-order valence-electron chi connectivity index (χ4n) is 5.61. The van der Waals surface area contributed by atoms with E-state index >= 15 is 0 Å². The number of rotatable bonds is 7. The normalized spacial score (nSPS) is 18.5. The number of carbonyl (C=O) groups excluding carboxylic acids is 2. The van der Waals surface area contributed by atoms with Crippen molar-refractivity contribution in [1.29, 1.82) is 0 Å². The number of ether oxygens (including phenoxy) is 1. The third kappa shape index (κ3) is 5.77. The van der Waals surface area contributed by atoms with E-state index in [1.807, 2.05) is 35.2 Å². The van der Waals surface area contributed by atoms with E-state index in [-0.39, 0.29) is 23.1 Å². The quantitative estimate of drug-likeness (QED) is 0.418. The van der Waals surface area contributed by atoms with E-state index in [2.05, 4.69) is 62.5 Å². The Balaban J connectivity index is 1.38. The summed E-state index contributed by atoms with van der Waals surface area (Å²) >= 11 is 0. The second kappa shape index (κ2) is 10.6. The molecule has 5 nitrogen and oxygen atoms in total. The first-order chi connectivity index (χ1) is 18.2. The Morgan fingerprint density at radius 2 is 1.79 bits per heavy atom. The van der Waals surface area contributed by atoms with E-state index < -0.39 is 0 Å². The lowest BCUT2D eigenvalue weighted by molar-refractivity contribution is -0.134. The van der Waals surface area contributed by atoms with Gasteiger partial charge in [0.05, 0.1) is 7.11 Å². The molecule has 0 spiro atoms. The molecule has 0 saturated heterocycles. The standard InChI is InChI=1S/C33H38N2O3/c1-33(2,3)19-31(36)35-16-15-27-26(23-11-8-12-25(17-23)38-4)14-13-24(30(27)21-35)20-34-32(37)29-18-28(29)22-9-6-5-7-10-22/h5-14,17,28-29H,15-16,18-21H2,1-4H3,(H,34,37). The first-order valence-corrected chi connectivity index (χ1v) is 13.6. The van der Waals surface area contributed by atoms with Gasteiger partial charge < -0.3 is 15.0 Å². The summed E-state index contributed by atoms with van der Waals surface area (Å²) in [4.78, 5) is 28.2. The van der Waals surface area contributed by atoms with Gasteiger partial charge in [-0.1, -0.05) is 75.4 Å². The van der Waals surface area contributed by atoms with E-state index in [0.29, 0.717) is 32.0 Å². The van der Waals surface area contributed by atoms with Crippen LogP contribution < -0.4 is 10.1 Å². The zero-order valence-electron chi connectivity index (χ0n) is 22.9. The number of methoxy groups -OCH3 is 1. The van der Waals surface area contributed by atoms with Gasteiger partial charge in [-0.3, -0.25) is 9.59 Å². The number of hydrogen-bond acceptors (Lipinski definition) is 3. The van der Waals surface area contributed by atoms with Gasteiger partial charge in [0, 0.05) is 32.0 Å². The van der Waals surface area contributed by atoms with Crippen LogP contribution in [0.2, 0.25) is 0 Å². The van der Waals surface area contributed by atoms with Crippen molar-refractivity contribution < 1.29 is 14.3 Å². The van der Waals surface area contributed by atoms with Crippen molar-refractivity contribution in [3.63, 3.8) is 0 Å². The number of fused-ring (bicyclic) bond motifs is 1. The molecule has 1 aliphatic heterocycles. The van der Waals surface area contributed by atoms with Crippen molar-refractivity contribution in [2.75, 3.05) is 13.7 Å². The maximum atomic E-state index is 13.1. The molecule has 2 unspecified atom stereocenters. The summed E-state index contributed by atoms with van der Waals surface area (Å²) in [6.45, 7) is 8.05. The summed E-state index contributed by atoms with van der Waals surface area (Å²) in [5.74, 6) is 1.47. The van der Waals surface area contributed by atoms with Crippen molar-refractivity contribution >= 4 is 11.8 Å². The first kappa shape index (κ1) is 26.0. The fourth-order valence-corrected chi connectivity index (χ4v) is 5.61. The number of carbonyl (C=O) groups is 2. The van der Waals surface area contributed by atoms with Crippen LogP contribution in [-0.4, -0.2) is 30.4 Å². The lowest BCUT2D eigenvalue weighted by Crippen LogP contribution is -2.38. The third-order valence-electron chi connectivity index (χ3n) is 7.73. The van der Waals surface area contributed by atoms with Gasteiger partial charge in [0.2, 0.25) is 11.8 Å². The van der Waals surface area contributed by atoms with Gasteiger partial charge in [-0.2, -0.15) is 0 Å². The molecular formula is C33H38N2O3. The summed E-state index contributed by atoms with van der Waals surface area (Å²) < 4.78 is 5.47. The van der Waals surface area contributed by atoms with Crippen LogP contribution in [-0.2, 0) is 29.1 Å². The Bertz CT molecular complexity index is 1330. The highest BCUT2D eigenvalue weighted by Gasteiger charge is 2.43. The zero-order chi connectivity index (χ0) is 26.9. The number of hydrogen-bond donors (Lipinski definition) is 1. The number of nitrogens with zero attached hydrogens (tertiary/aromatic N) is 1. The molecule has 198 valence electrons. The van der Waals surface area contributed by atoms with Crippen LogP contribution in [0.15, 0.2) is 66.7 Å². The summed E-state index contributed by atoms with van der Waals surface area (Å²) in [5, 5.41) is 3.21. The Labute approximate surface area is 226 Å². The van der Waals surface area contributed by atoms with Crippen molar-refractivity contribution in [2.24, 2.45) is 11.3 Å². The first-order valence-electron chi connectivity index (χ1n) is 13.6. The predicted molar refractivity (Wildman–Crippen MR) is 151 cm³/mol. The number of nitrogens with one attached hydrogen (secondary N) is 1. The summed E-state index contributed by atoms with van der Waals surface area (Å²) in [6.07, 6.45) is 2.21. The highest BCUT2D eigenvalue weighted by Crippen LogP contribution is 2.47. The van der Waals surface area contributed by atoms with Crippen molar-refractivity contribution in [3.8, 4) is 16.9 Å². The summed E-state index contributed by atoms with van der Waals surface area (Å²) in [5.41, 5.74) is 6.97. The highest BCUT2D eigenvalue weighted by atomic mass is 16.5. The average Bonchev–Trinajstić information content (AvgIpc) is 3.72. The Kier molecular flexibility index (Phi) is 7.29. The van der Waals surface area contributed by atoms with Crippen LogP contribution in [0.5, 0.6) is 5.75 Å². The molecule has 1 aliphatic carbocycles. The lowest BCUT2D eigenvalue weighted by atomic mass is 9.86. The molecule has 0 radical (unpaired) electrons. The van der Waals surface area contributed by atoms with Gasteiger partial charge in [0.1, 0.15) is 5.75 Å². The largest absolute Gasteiger partial charge is 0.497 e. The van der Waals surface area contributed by atoms with Crippen molar-refractivity contribution in [3.05, 3.63) is 89.0 Å². The lowest BCUT2D eigenvalue weighted by Gasteiger charge is -2.33. The molecule has 1 N–H and O–H groups in total. The summed E-state index contributed by atoms with van der Waals surface area (Å²) in [6, 6.07) is 22.7. The van der Waals surface area contributed by atoms with Gasteiger partial charge >= 0.3 is 0 Å². The van der Waals surface area contributed by atoms with E-state index in [1.54, 1.807) is 7.11 Å². The number of amides is 2. The monoisotopic (exact) mass is 510 g/mol. The molecule has 38 heavy (non-hydrogen) atoms. The maximum Gasteiger partial charge on any atom is 0.224 e. The Morgan fingerprint density at radius 3 is 2.53 bits per heavy atom. The van der Waals surface area contributed by atoms with Crippen LogP contribution in [0.3, 0.4) is 0 Å². The van der Waals surface area contributed by atoms with Gasteiger partial charge in [0.15, 0.2) is 0 Å². The van der Waals surface area contributed by atoms with Gasteiger partial charge in [-0.25, -0.2) is 0 Å². The molecule has 2 aliphatic rings. The molecule has 1 heterocycles. The fraction of sp³-hybridized carbons (Fsp3) is 0.394. The molecule has 3 aromatic carbocycles. The van der Waals surface area contributed by atoms with Gasteiger partial charge in [0.25, 0.3) is 0 Å². The second-order valence-electron chi connectivity index (χ2n) is 11.8. The Morgan fingerprint density at radius 1 is 1.00 bits per heavy atom. The molecule has 5 rings (SSSR count). The van der Waals surface area contributed by atoms with Gasteiger partial charge in [-0.05, 0) is 69.7 Å². The van der Waals surface area contributed by atoms with Gasteiger partial charge in [-0.15, -0.1) is 0 Å². The predicted octanol–water partition coefficient (Wildman–Crippen LogP) is 6.10.